The van der Waals surface area contributed by atoms with E-state index in [1.807, 2.05) is 0 Å². The van der Waals surface area contributed by atoms with Gasteiger partial charge in [0.1, 0.15) is 18.0 Å². The van der Waals surface area contributed by atoms with E-state index in [1.165, 1.54) is 0 Å². The number of aliphatic hydroxyl groups excluding tert-OH is 3. The van der Waals surface area contributed by atoms with Gasteiger partial charge in [-0.3, -0.25) is 4.90 Å². The smallest absolute Gasteiger partial charge is 0.148 e. The third kappa shape index (κ3) is 1.79. The maximum Gasteiger partial charge on any atom is 0.148 e. The highest BCUT2D eigenvalue weighted by Crippen LogP contribution is 2.81. The molecule has 7 fully saturated rings. The van der Waals surface area contributed by atoms with Crippen molar-refractivity contribution in [2.24, 2.45) is 34.5 Å². The SMILES string of the molecule is CCN1C[C@]2(COC)CC[C@H](O)[C@@]34[C@@H]5C[C@H]6[C@H](O)[C@@H]5[C@@]5(C[C@@H]6OC)OCO[C@@]5([C@@H](O)[C@H]23)[C@@H]14. The van der Waals surface area contributed by atoms with Gasteiger partial charge in [-0.15, -0.1) is 0 Å². The molecule has 2 heterocycles. The Balaban J connectivity index is 1.55. The van der Waals surface area contributed by atoms with Gasteiger partial charge in [0.05, 0.1) is 37.1 Å². The fourth-order valence-corrected chi connectivity index (χ4v) is 11.1. The number of likely N-dealkylation sites (N-methyl/N-ethyl adjacent to an activating group) is 1. The Bertz CT molecular complexity index is 828. The van der Waals surface area contributed by atoms with Gasteiger partial charge >= 0.3 is 0 Å². The lowest BCUT2D eigenvalue weighted by Gasteiger charge is -2.69. The van der Waals surface area contributed by atoms with Crippen LogP contribution in [0.4, 0.5) is 0 Å². The fraction of sp³-hybridized carbons (Fsp3) is 1.00. The second-order valence-electron chi connectivity index (χ2n) is 11.8. The molecule has 13 atom stereocenters. The molecule has 8 nitrogen and oxygen atoms in total. The third-order valence-electron chi connectivity index (χ3n) is 11.6. The van der Waals surface area contributed by atoms with Crippen molar-refractivity contribution in [3.8, 4) is 0 Å². The van der Waals surface area contributed by atoms with E-state index >= 15 is 0 Å². The molecule has 0 amide bonds. The minimum atomic E-state index is -0.983. The van der Waals surface area contributed by atoms with Crippen molar-refractivity contribution in [3.05, 3.63) is 0 Å². The minimum absolute atomic E-state index is 0.0227. The highest BCUT2D eigenvalue weighted by molar-refractivity contribution is 5.42. The summed E-state index contributed by atoms with van der Waals surface area (Å²) in [6.07, 6.45) is 0.868. The van der Waals surface area contributed by atoms with Crippen LogP contribution < -0.4 is 0 Å². The molecule has 3 spiro atoms. The topological polar surface area (TPSA) is 101 Å². The monoisotopic (exact) mass is 451 g/mol. The molecule has 2 saturated heterocycles. The predicted molar refractivity (Wildman–Crippen MR) is 112 cm³/mol. The van der Waals surface area contributed by atoms with Gasteiger partial charge in [-0.25, -0.2) is 0 Å². The molecule has 0 aromatic carbocycles. The highest BCUT2D eigenvalue weighted by atomic mass is 16.7. The van der Waals surface area contributed by atoms with Crippen molar-refractivity contribution in [1.29, 1.82) is 0 Å². The number of ether oxygens (including phenoxy) is 4. The van der Waals surface area contributed by atoms with E-state index in [0.29, 0.717) is 19.4 Å². The summed E-state index contributed by atoms with van der Waals surface area (Å²) in [5.74, 6) is -0.241. The molecular formula is C24H37NO7. The lowest BCUT2D eigenvalue weighted by atomic mass is 9.42. The Morgan fingerprint density at radius 3 is 2.69 bits per heavy atom. The quantitative estimate of drug-likeness (QED) is 0.549. The maximum atomic E-state index is 12.3. The van der Waals surface area contributed by atoms with Gasteiger partial charge in [-0.05, 0) is 31.7 Å². The second kappa shape index (κ2) is 6.26. The van der Waals surface area contributed by atoms with Gasteiger partial charge in [0.25, 0.3) is 0 Å². The number of piperidine rings is 1. The number of nitrogens with zero attached hydrogens (tertiary/aromatic N) is 1. The molecule has 0 radical (unpaired) electrons. The Morgan fingerprint density at radius 1 is 1.16 bits per heavy atom. The van der Waals surface area contributed by atoms with Crippen LogP contribution in [0.2, 0.25) is 0 Å². The van der Waals surface area contributed by atoms with E-state index in [4.69, 9.17) is 18.9 Å². The summed E-state index contributed by atoms with van der Waals surface area (Å²) < 4.78 is 24.9. The van der Waals surface area contributed by atoms with Crippen molar-refractivity contribution < 1.29 is 34.3 Å². The van der Waals surface area contributed by atoms with E-state index in [0.717, 1.165) is 25.9 Å². The van der Waals surface area contributed by atoms with Crippen LogP contribution in [0.15, 0.2) is 0 Å². The van der Waals surface area contributed by atoms with Crippen LogP contribution in [0.5, 0.6) is 0 Å². The molecule has 7 bridgehead atoms. The van der Waals surface area contributed by atoms with E-state index in [-0.39, 0.29) is 48.0 Å². The van der Waals surface area contributed by atoms with Crippen LogP contribution in [0.25, 0.3) is 0 Å². The first-order chi connectivity index (χ1) is 15.4. The fourth-order valence-electron chi connectivity index (χ4n) is 11.1. The average molecular weight is 452 g/mol. The number of fused-ring (bicyclic) bond motifs is 1. The summed E-state index contributed by atoms with van der Waals surface area (Å²) in [5, 5.41) is 35.9. The zero-order valence-corrected chi connectivity index (χ0v) is 19.3. The molecule has 5 aliphatic carbocycles. The molecule has 0 unspecified atom stereocenters. The zero-order valence-electron chi connectivity index (χ0n) is 19.3. The van der Waals surface area contributed by atoms with Gasteiger partial charge in [0.2, 0.25) is 0 Å². The Kier molecular flexibility index (Phi) is 4.11. The maximum absolute atomic E-state index is 12.3. The predicted octanol–water partition coefficient (Wildman–Crippen LogP) is -0.0175. The molecule has 3 N–H and O–H groups in total. The van der Waals surface area contributed by atoms with Crippen LogP contribution >= 0.6 is 0 Å². The molecule has 0 aromatic heterocycles. The summed E-state index contributed by atoms with van der Waals surface area (Å²) in [6.45, 7) is 4.47. The molecule has 7 aliphatic rings. The van der Waals surface area contributed by atoms with Crippen LogP contribution in [0.1, 0.15) is 32.6 Å². The summed E-state index contributed by atoms with van der Waals surface area (Å²) in [7, 11) is 3.45. The van der Waals surface area contributed by atoms with Crippen molar-refractivity contribution >= 4 is 0 Å². The van der Waals surface area contributed by atoms with Crippen LogP contribution in [0.3, 0.4) is 0 Å². The Morgan fingerprint density at radius 2 is 1.97 bits per heavy atom. The lowest BCUT2D eigenvalue weighted by Crippen LogP contribution is -2.81. The van der Waals surface area contributed by atoms with Gasteiger partial charge < -0.3 is 34.3 Å². The first-order valence-corrected chi connectivity index (χ1v) is 12.5. The Hall–Kier alpha value is -0.320. The zero-order chi connectivity index (χ0) is 22.3. The largest absolute Gasteiger partial charge is 0.392 e. The molecule has 7 rings (SSSR count). The Labute approximate surface area is 189 Å². The number of rotatable bonds is 4. The first kappa shape index (κ1) is 21.0. The van der Waals surface area contributed by atoms with Crippen LogP contribution in [0, 0.1) is 34.5 Å². The number of methoxy groups -OCH3 is 2. The molecular weight excluding hydrogens is 414 g/mol. The highest BCUT2D eigenvalue weighted by Gasteiger charge is 2.93. The van der Waals surface area contributed by atoms with Gasteiger partial charge in [-0.1, -0.05) is 6.92 Å². The first-order valence-electron chi connectivity index (χ1n) is 12.5. The molecule has 180 valence electrons. The standard InChI is InChI=1S/C24H37NO7/c1-4-25-9-21(10-29-2)6-5-15(26)23-13-7-12-14(30-3)8-22(16(13)17(12)27)24(20(23)25,32-11-31-22)19(28)18(21)23/h12-20,26-28H,4-11H2,1-3H3/t12-,13-,14+,15+,16-,17+,18-,19+,20+,21+,22-,23+,24+/m1/s1. The molecule has 2 aliphatic heterocycles. The number of hydrogen-bond acceptors (Lipinski definition) is 8. The average Bonchev–Trinajstić information content (AvgIpc) is 3.33. The molecule has 0 aromatic rings. The summed E-state index contributed by atoms with van der Waals surface area (Å²) >= 11 is 0. The molecule has 8 heteroatoms. The third-order valence-corrected chi connectivity index (χ3v) is 11.6. The molecule has 32 heavy (non-hydrogen) atoms. The second-order valence-corrected chi connectivity index (χ2v) is 11.8. The van der Waals surface area contributed by atoms with E-state index in [1.54, 1.807) is 14.2 Å². The van der Waals surface area contributed by atoms with Gasteiger partial charge in [-0.2, -0.15) is 0 Å². The van der Waals surface area contributed by atoms with E-state index < -0.39 is 34.9 Å². The number of aliphatic hydroxyl groups is 3. The number of hydrogen-bond donors (Lipinski definition) is 3. The summed E-state index contributed by atoms with van der Waals surface area (Å²) in [5.41, 5.74) is -2.60. The minimum Gasteiger partial charge on any atom is -0.392 e. The van der Waals surface area contributed by atoms with Crippen molar-refractivity contribution in [2.45, 2.75) is 74.3 Å². The normalized spacial score (nSPS) is 64.1. The van der Waals surface area contributed by atoms with E-state index in [9.17, 15) is 15.3 Å². The summed E-state index contributed by atoms with van der Waals surface area (Å²) in [6, 6.07) is -0.148. The van der Waals surface area contributed by atoms with Gasteiger partial charge in [0.15, 0.2) is 0 Å². The summed E-state index contributed by atoms with van der Waals surface area (Å²) in [4.78, 5) is 2.46. The van der Waals surface area contributed by atoms with Crippen molar-refractivity contribution in [2.75, 3.05) is 40.7 Å². The van der Waals surface area contributed by atoms with Crippen molar-refractivity contribution in [1.82, 2.24) is 4.90 Å². The number of likely N-dealkylation sites (tertiary alicyclic amines) is 1. The van der Waals surface area contributed by atoms with E-state index in [2.05, 4.69) is 11.8 Å². The van der Waals surface area contributed by atoms with Crippen molar-refractivity contribution in [3.63, 3.8) is 0 Å². The van der Waals surface area contributed by atoms with Gasteiger partial charge in [0, 0.05) is 55.8 Å². The van der Waals surface area contributed by atoms with Crippen LogP contribution in [-0.2, 0) is 18.9 Å². The molecule has 5 saturated carbocycles. The lowest BCUT2D eigenvalue weighted by molar-refractivity contribution is -0.282. The van der Waals surface area contributed by atoms with Crippen LogP contribution in [-0.4, -0.2) is 103 Å².